The third kappa shape index (κ3) is 3.46. The van der Waals surface area contributed by atoms with E-state index in [1.807, 2.05) is 45.0 Å². The monoisotopic (exact) mass is 333 g/mol. The number of amides is 1. The fraction of sp³-hybridized carbons (Fsp3) is 0.579. The van der Waals surface area contributed by atoms with Crippen LogP contribution in [-0.4, -0.2) is 48.7 Å². The Bertz CT molecular complexity index is 604. The number of hydrogen-bond acceptors (Lipinski definition) is 3. The van der Waals surface area contributed by atoms with Crippen molar-refractivity contribution in [2.75, 3.05) is 26.8 Å². The third-order valence-electron chi connectivity index (χ3n) is 5.05. The van der Waals surface area contributed by atoms with Gasteiger partial charge < -0.3 is 14.7 Å². The summed E-state index contributed by atoms with van der Waals surface area (Å²) in [4.78, 5) is 26.6. The van der Waals surface area contributed by atoms with Crippen molar-refractivity contribution >= 4 is 11.9 Å². The molecule has 1 saturated heterocycles. The number of carboxylic acids is 1. The van der Waals surface area contributed by atoms with Crippen molar-refractivity contribution in [1.82, 2.24) is 4.90 Å². The maximum absolute atomic E-state index is 13.1. The van der Waals surface area contributed by atoms with Gasteiger partial charge in [0.1, 0.15) is 5.41 Å². The molecule has 1 unspecified atom stereocenters. The van der Waals surface area contributed by atoms with Crippen molar-refractivity contribution in [2.45, 2.75) is 39.0 Å². The van der Waals surface area contributed by atoms with Gasteiger partial charge in [-0.15, -0.1) is 0 Å². The smallest absolute Gasteiger partial charge is 0.313 e. The van der Waals surface area contributed by atoms with E-state index < -0.39 is 16.8 Å². The van der Waals surface area contributed by atoms with E-state index in [-0.39, 0.29) is 19.1 Å². The Morgan fingerprint density at radius 1 is 1.29 bits per heavy atom. The first-order chi connectivity index (χ1) is 11.2. The van der Waals surface area contributed by atoms with E-state index in [1.54, 1.807) is 4.90 Å². The second-order valence-corrected chi connectivity index (χ2v) is 7.34. The summed E-state index contributed by atoms with van der Waals surface area (Å²) in [6.45, 7) is 6.71. The zero-order chi connectivity index (χ0) is 18.0. The van der Waals surface area contributed by atoms with Crippen LogP contribution in [0.1, 0.15) is 37.8 Å². The summed E-state index contributed by atoms with van der Waals surface area (Å²) in [6, 6.07) is 7.92. The first kappa shape index (κ1) is 18.5. The van der Waals surface area contributed by atoms with Gasteiger partial charge in [0, 0.05) is 20.2 Å². The lowest BCUT2D eigenvalue weighted by atomic mass is 9.78. The van der Waals surface area contributed by atoms with Crippen LogP contribution in [0.5, 0.6) is 0 Å². The van der Waals surface area contributed by atoms with E-state index >= 15 is 0 Å². The molecule has 0 bridgehead atoms. The number of carboxylic acid groups (broad SMARTS) is 1. The van der Waals surface area contributed by atoms with Gasteiger partial charge in [0.15, 0.2) is 0 Å². The molecule has 5 nitrogen and oxygen atoms in total. The fourth-order valence-electron chi connectivity index (χ4n) is 3.42. The molecule has 1 N–H and O–H groups in total. The molecule has 1 aliphatic heterocycles. The Hall–Kier alpha value is -1.88. The van der Waals surface area contributed by atoms with Gasteiger partial charge in [-0.1, -0.05) is 29.8 Å². The van der Waals surface area contributed by atoms with E-state index in [2.05, 4.69) is 0 Å². The number of carbonyl (C=O) groups excluding carboxylic acids is 1. The van der Waals surface area contributed by atoms with E-state index in [0.717, 1.165) is 11.1 Å². The van der Waals surface area contributed by atoms with Gasteiger partial charge in [-0.3, -0.25) is 9.59 Å². The van der Waals surface area contributed by atoms with Gasteiger partial charge in [0.25, 0.3) is 0 Å². The lowest BCUT2D eigenvalue weighted by Crippen LogP contribution is -2.55. The number of ether oxygens (including phenoxy) is 1. The molecule has 0 aliphatic carbocycles. The second kappa shape index (κ2) is 6.93. The number of nitrogens with zero attached hydrogens (tertiary/aromatic N) is 1. The molecule has 24 heavy (non-hydrogen) atoms. The molecular formula is C19H27NO4. The molecule has 0 aromatic heterocycles. The molecule has 0 spiro atoms. The Morgan fingerprint density at radius 2 is 1.92 bits per heavy atom. The summed E-state index contributed by atoms with van der Waals surface area (Å²) in [6.07, 6.45) is 1.20. The minimum atomic E-state index is -1.01. The minimum Gasteiger partial charge on any atom is -0.481 e. The number of likely N-dealkylation sites (tertiary alicyclic amines) is 1. The maximum Gasteiger partial charge on any atom is 0.313 e. The maximum atomic E-state index is 13.1. The Balaban J connectivity index is 2.24. The Labute approximate surface area is 143 Å². The molecular weight excluding hydrogens is 306 g/mol. The van der Waals surface area contributed by atoms with Crippen LogP contribution >= 0.6 is 0 Å². The van der Waals surface area contributed by atoms with Crippen molar-refractivity contribution in [3.8, 4) is 0 Å². The van der Waals surface area contributed by atoms with Crippen LogP contribution in [0.3, 0.4) is 0 Å². The Kier molecular flexibility index (Phi) is 5.33. The van der Waals surface area contributed by atoms with Gasteiger partial charge in [0.05, 0.1) is 12.0 Å². The number of rotatable bonds is 5. The average molecular weight is 333 g/mol. The number of methoxy groups -OCH3 is 1. The standard InChI is InChI=1S/C19H27NO4/c1-14-6-8-15(9-7-14)18(2,3)16(21)20-11-5-10-19(12-20,13-24-4)17(22)23/h6-9H,5,10-13H2,1-4H3,(H,22,23). The van der Waals surface area contributed by atoms with E-state index in [1.165, 1.54) is 7.11 Å². The topological polar surface area (TPSA) is 66.8 Å². The summed E-state index contributed by atoms with van der Waals surface area (Å²) >= 11 is 0. The molecule has 0 saturated carbocycles. The van der Waals surface area contributed by atoms with Crippen LogP contribution in [0.15, 0.2) is 24.3 Å². The summed E-state index contributed by atoms with van der Waals surface area (Å²) in [5.74, 6) is -0.928. The second-order valence-electron chi connectivity index (χ2n) is 7.34. The lowest BCUT2D eigenvalue weighted by Gasteiger charge is -2.42. The fourth-order valence-corrected chi connectivity index (χ4v) is 3.42. The molecule has 132 valence electrons. The largest absolute Gasteiger partial charge is 0.481 e. The summed E-state index contributed by atoms with van der Waals surface area (Å²) in [5.41, 5.74) is 0.385. The van der Waals surface area contributed by atoms with Gasteiger partial charge in [-0.2, -0.15) is 0 Å². The van der Waals surface area contributed by atoms with Crippen LogP contribution in [0.25, 0.3) is 0 Å². The molecule has 5 heteroatoms. The number of carbonyl (C=O) groups is 2. The molecule has 1 fully saturated rings. The van der Waals surface area contributed by atoms with Crippen molar-refractivity contribution < 1.29 is 19.4 Å². The van der Waals surface area contributed by atoms with E-state index in [0.29, 0.717) is 19.4 Å². The highest BCUT2D eigenvalue weighted by Crippen LogP contribution is 2.34. The van der Waals surface area contributed by atoms with Crippen LogP contribution in [0.2, 0.25) is 0 Å². The summed E-state index contributed by atoms with van der Waals surface area (Å²) in [5, 5.41) is 9.65. The molecule has 0 radical (unpaired) electrons. The highest BCUT2D eigenvalue weighted by atomic mass is 16.5. The molecule has 1 heterocycles. The first-order valence-electron chi connectivity index (χ1n) is 8.32. The van der Waals surface area contributed by atoms with Crippen molar-refractivity contribution in [3.63, 3.8) is 0 Å². The number of aryl methyl sites for hydroxylation is 1. The highest BCUT2D eigenvalue weighted by molar-refractivity contribution is 5.88. The van der Waals surface area contributed by atoms with Crippen LogP contribution in [0.4, 0.5) is 0 Å². The molecule has 1 amide bonds. The number of piperidine rings is 1. The molecule has 1 aromatic carbocycles. The average Bonchev–Trinajstić information content (AvgIpc) is 2.55. The normalized spacial score (nSPS) is 21.6. The SMILES string of the molecule is COCC1(C(=O)O)CCCN(C(=O)C(C)(C)c2ccc(C)cc2)C1. The minimum absolute atomic E-state index is 0.0345. The Morgan fingerprint density at radius 3 is 2.46 bits per heavy atom. The van der Waals surface area contributed by atoms with Crippen LogP contribution in [-0.2, 0) is 19.7 Å². The number of aliphatic carboxylic acids is 1. The van der Waals surface area contributed by atoms with Crippen molar-refractivity contribution in [3.05, 3.63) is 35.4 Å². The zero-order valence-corrected chi connectivity index (χ0v) is 15.0. The van der Waals surface area contributed by atoms with Gasteiger partial charge in [-0.25, -0.2) is 0 Å². The van der Waals surface area contributed by atoms with Crippen LogP contribution in [0, 0.1) is 12.3 Å². The zero-order valence-electron chi connectivity index (χ0n) is 15.0. The lowest BCUT2D eigenvalue weighted by molar-refractivity contribution is -0.160. The summed E-state index contributed by atoms with van der Waals surface area (Å²) in [7, 11) is 1.50. The van der Waals surface area contributed by atoms with Crippen LogP contribution < -0.4 is 0 Å². The number of benzene rings is 1. The van der Waals surface area contributed by atoms with Crippen molar-refractivity contribution in [2.24, 2.45) is 5.41 Å². The quantitative estimate of drug-likeness (QED) is 0.899. The van der Waals surface area contributed by atoms with E-state index in [9.17, 15) is 14.7 Å². The molecule has 1 atom stereocenters. The predicted molar refractivity (Wildman–Crippen MR) is 92.0 cm³/mol. The summed E-state index contributed by atoms with van der Waals surface area (Å²) < 4.78 is 5.14. The van der Waals surface area contributed by atoms with E-state index in [4.69, 9.17) is 4.74 Å². The van der Waals surface area contributed by atoms with Crippen molar-refractivity contribution in [1.29, 1.82) is 0 Å². The predicted octanol–water partition coefficient (Wildman–Crippen LogP) is 2.61. The first-order valence-corrected chi connectivity index (χ1v) is 8.32. The molecule has 1 aromatic rings. The van der Waals surface area contributed by atoms with Gasteiger partial charge >= 0.3 is 5.97 Å². The molecule has 2 rings (SSSR count). The highest BCUT2D eigenvalue weighted by Gasteiger charge is 2.46. The third-order valence-corrected chi connectivity index (χ3v) is 5.05. The van der Waals surface area contributed by atoms with Gasteiger partial charge in [-0.05, 0) is 39.2 Å². The molecule has 1 aliphatic rings. The van der Waals surface area contributed by atoms with Gasteiger partial charge in [0.2, 0.25) is 5.91 Å². The number of hydrogen-bond donors (Lipinski definition) is 1.